The molecule has 0 aliphatic carbocycles. The first-order chi connectivity index (χ1) is 14.2. The third-order valence-corrected chi connectivity index (χ3v) is 4.34. The first-order valence-electron chi connectivity index (χ1n) is 8.79. The van der Waals surface area contributed by atoms with Crippen molar-refractivity contribution in [2.24, 2.45) is 0 Å². The number of nitrogens with zero attached hydrogens (tertiary/aromatic N) is 5. The van der Waals surface area contributed by atoms with Gasteiger partial charge in [-0.1, -0.05) is 17.3 Å². The van der Waals surface area contributed by atoms with Gasteiger partial charge in [-0.25, -0.2) is 0 Å². The maximum absolute atomic E-state index is 12.5. The van der Waals surface area contributed by atoms with Crippen LogP contribution in [0.3, 0.4) is 0 Å². The third-order valence-electron chi connectivity index (χ3n) is 4.34. The van der Waals surface area contributed by atoms with Gasteiger partial charge in [0.15, 0.2) is 22.9 Å². The topological polar surface area (TPSA) is 111 Å². The van der Waals surface area contributed by atoms with E-state index < -0.39 is 0 Å². The lowest BCUT2D eigenvalue weighted by atomic mass is 10.1. The minimum absolute atomic E-state index is 0.154. The van der Waals surface area contributed by atoms with Gasteiger partial charge in [-0.05, 0) is 43.3 Å². The summed E-state index contributed by atoms with van der Waals surface area (Å²) in [6, 6.07) is 16.1. The van der Waals surface area contributed by atoms with Crippen molar-refractivity contribution in [2.45, 2.75) is 6.92 Å². The van der Waals surface area contributed by atoms with Crippen LogP contribution in [0.15, 0.2) is 69.8 Å². The lowest BCUT2D eigenvalue weighted by Gasteiger charge is -2.06. The molecule has 1 amide bonds. The van der Waals surface area contributed by atoms with Crippen molar-refractivity contribution in [2.75, 3.05) is 5.32 Å². The lowest BCUT2D eigenvalue weighted by molar-refractivity contribution is 0.101. The normalized spacial score (nSPS) is 11.1. The Hall–Kier alpha value is -4.27. The molecule has 0 aliphatic heterocycles. The summed E-state index contributed by atoms with van der Waals surface area (Å²) in [6.07, 6.45) is 1.52. The van der Waals surface area contributed by atoms with Crippen LogP contribution in [0, 0.1) is 6.92 Å². The molecule has 0 aliphatic rings. The molecule has 4 heterocycles. The summed E-state index contributed by atoms with van der Waals surface area (Å²) >= 11 is 0. The minimum Gasteiger partial charge on any atom is -0.461 e. The van der Waals surface area contributed by atoms with E-state index >= 15 is 0 Å². The van der Waals surface area contributed by atoms with Crippen LogP contribution in [0.1, 0.15) is 16.3 Å². The highest BCUT2D eigenvalue weighted by molar-refractivity contribution is 6.03. The molecule has 4 aromatic heterocycles. The SMILES string of the molecule is Cc1nnc2ccc(-c3cccc(NC(=O)c4cc(-c5ccco5)on4)c3)nn12. The number of furan rings is 1. The highest BCUT2D eigenvalue weighted by atomic mass is 16.5. The number of aromatic nitrogens is 5. The van der Waals surface area contributed by atoms with Crippen LogP contribution >= 0.6 is 0 Å². The molecule has 0 bridgehead atoms. The summed E-state index contributed by atoms with van der Waals surface area (Å²) in [5.74, 6) is 1.20. The first kappa shape index (κ1) is 16.9. The second-order valence-corrected chi connectivity index (χ2v) is 6.32. The number of fused-ring (bicyclic) bond motifs is 1. The highest BCUT2D eigenvalue weighted by Gasteiger charge is 2.16. The highest BCUT2D eigenvalue weighted by Crippen LogP contribution is 2.23. The van der Waals surface area contributed by atoms with E-state index in [-0.39, 0.29) is 11.6 Å². The van der Waals surface area contributed by atoms with Crippen molar-refractivity contribution in [3.63, 3.8) is 0 Å². The van der Waals surface area contributed by atoms with Crippen molar-refractivity contribution < 1.29 is 13.7 Å². The van der Waals surface area contributed by atoms with E-state index in [2.05, 4.69) is 25.8 Å². The number of rotatable bonds is 4. The zero-order valence-corrected chi connectivity index (χ0v) is 15.2. The van der Waals surface area contributed by atoms with Gasteiger partial charge in [0, 0.05) is 17.3 Å². The van der Waals surface area contributed by atoms with Crippen molar-refractivity contribution in [1.82, 2.24) is 25.0 Å². The van der Waals surface area contributed by atoms with Crippen molar-refractivity contribution in [3.8, 4) is 22.8 Å². The maximum Gasteiger partial charge on any atom is 0.277 e. The van der Waals surface area contributed by atoms with E-state index in [0.717, 1.165) is 11.3 Å². The predicted molar refractivity (Wildman–Crippen MR) is 103 cm³/mol. The molecule has 0 atom stereocenters. The van der Waals surface area contributed by atoms with E-state index in [1.54, 1.807) is 22.7 Å². The monoisotopic (exact) mass is 386 g/mol. The Morgan fingerprint density at radius 1 is 1.03 bits per heavy atom. The Morgan fingerprint density at radius 2 is 1.97 bits per heavy atom. The van der Waals surface area contributed by atoms with Crippen LogP contribution in [0.25, 0.3) is 28.4 Å². The number of aryl methyl sites for hydroxylation is 1. The van der Waals surface area contributed by atoms with Gasteiger partial charge < -0.3 is 14.3 Å². The first-order valence-corrected chi connectivity index (χ1v) is 8.79. The smallest absolute Gasteiger partial charge is 0.277 e. The number of carbonyl (C=O) groups excluding carboxylic acids is 1. The fourth-order valence-electron chi connectivity index (χ4n) is 2.92. The van der Waals surface area contributed by atoms with Gasteiger partial charge >= 0.3 is 0 Å². The lowest BCUT2D eigenvalue weighted by Crippen LogP contribution is -2.12. The Bertz CT molecular complexity index is 1320. The number of nitrogens with one attached hydrogen (secondary N) is 1. The second kappa shape index (κ2) is 6.71. The van der Waals surface area contributed by atoms with Crippen LogP contribution < -0.4 is 5.32 Å². The molecule has 0 saturated carbocycles. The molecule has 0 radical (unpaired) electrons. The molecule has 142 valence electrons. The number of amides is 1. The zero-order valence-electron chi connectivity index (χ0n) is 15.2. The number of carbonyl (C=O) groups is 1. The predicted octanol–water partition coefficient (Wildman–Crippen LogP) is 3.60. The molecule has 1 N–H and O–H groups in total. The summed E-state index contributed by atoms with van der Waals surface area (Å²) in [4.78, 5) is 12.5. The molecule has 5 aromatic rings. The molecular formula is C20H14N6O3. The van der Waals surface area contributed by atoms with E-state index in [1.807, 2.05) is 37.3 Å². The van der Waals surface area contributed by atoms with Crippen LogP contribution in [0.2, 0.25) is 0 Å². The fourth-order valence-corrected chi connectivity index (χ4v) is 2.92. The number of anilines is 1. The largest absolute Gasteiger partial charge is 0.461 e. The van der Waals surface area contributed by atoms with Crippen LogP contribution in [0.5, 0.6) is 0 Å². The molecule has 29 heavy (non-hydrogen) atoms. The molecule has 0 fully saturated rings. The summed E-state index contributed by atoms with van der Waals surface area (Å²) in [5.41, 5.74) is 3.01. The van der Waals surface area contributed by atoms with Crippen LogP contribution in [-0.4, -0.2) is 30.9 Å². The Balaban J connectivity index is 1.39. The van der Waals surface area contributed by atoms with Gasteiger partial charge in [0.25, 0.3) is 5.91 Å². The molecule has 0 spiro atoms. The Morgan fingerprint density at radius 3 is 2.83 bits per heavy atom. The van der Waals surface area contributed by atoms with Gasteiger partial charge in [0.2, 0.25) is 5.76 Å². The van der Waals surface area contributed by atoms with Crippen molar-refractivity contribution in [3.05, 3.63) is 72.4 Å². The summed E-state index contributed by atoms with van der Waals surface area (Å²) in [5, 5.41) is 19.2. The Kier molecular flexibility index (Phi) is 3.91. The van der Waals surface area contributed by atoms with Crippen LogP contribution in [-0.2, 0) is 0 Å². The second-order valence-electron chi connectivity index (χ2n) is 6.32. The molecule has 9 heteroatoms. The van der Waals surface area contributed by atoms with E-state index in [0.29, 0.717) is 28.7 Å². The van der Waals surface area contributed by atoms with Gasteiger partial charge in [-0.3, -0.25) is 4.79 Å². The van der Waals surface area contributed by atoms with Gasteiger partial charge in [-0.2, -0.15) is 9.61 Å². The van der Waals surface area contributed by atoms with Crippen molar-refractivity contribution >= 4 is 17.2 Å². The molecular weight excluding hydrogens is 372 g/mol. The average Bonchev–Trinajstić information content (AvgIpc) is 3.49. The molecule has 9 nitrogen and oxygen atoms in total. The van der Waals surface area contributed by atoms with Gasteiger partial charge in [0.05, 0.1) is 12.0 Å². The van der Waals surface area contributed by atoms with E-state index in [9.17, 15) is 4.79 Å². The minimum atomic E-state index is -0.387. The summed E-state index contributed by atoms with van der Waals surface area (Å²) in [6.45, 7) is 1.84. The third kappa shape index (κ3) is 3.14. The zero-order chi connectivity index (χ0) is 19.8. The quantitative estimate of drug-likeness (QED) is 0.502. The van der Waals surface area contributed by atoms with Gasteiger partial charge in [0.1, 0.15) is 0 Å². The van der Waals surface area contributed by atoms with Crippen LogP contribution in [0.4, 0.5) is 5.69 Å². The molecule has 0 saturated heterocycles. The van der Waals surface area contributed by atoms with Crippen molar-refractivity contribution in [1.29, 1.82) is 0 Å². The average molecular weight is 386 g/mol. The Labute approximate surface area is 164 Å². The molecule has 1 aromatic carbocycles. The number of hydrogen-bond acceptors (Lipinski definition) is 7. The summed E-state index contributed by atoms with van der Waals surface area (Å²) in [7, 11) is 0. The van der Waals surface area contributed by atoms with E-state index in [4.69, 9.17) is 8.94 Å². The maximum atomic E-state index is 12.5. The fraction of sp³-hybridized carbons (Fsp3) is 0.0500. The van der Waals surface area contributed by atoms with E-state index in [1.165, 1.54) is 12.3 Å². The van der Waals surface area contributed by atoms with Gasteiger partial charge in [-0.15, -0.1) is 10.2 Å². The standard InChI is InChI=1S/C20H14N6O3/c1-12-22-23-19-8-7-15(24-26(12)19)13-4-2-5-14(10-13)21-20(27)16-11-18(29-25-16)17-6-3-9-28-17/h2-11H,1H3,(H,21,27). The number of benzene rings is 1. The molecule has 5 rings (SSSR count). The molecule has 0 unspecified atom stereocenters. The number of hydrogen-bond donors (Lipinski definition) is 1. The summed E-state index contributed by atoms with van der Waals surface area (Å²) < 4.78 is 12.1.